The Kier molecular flexibility index (Phi) is 5.33. The number of nitrogens with one attached hydrogen (secondary N) is 3. The number of aliphatic hydroxyl groups excluding tert-OH is 1. The first kappa shape index (κ1) is 17.8. The number of aromatic nitrogens is 2. The minimum Gasteiger partial charge on any atom is -0.465 e. The molecule has 0 unspecified atom stereocenters. The fraction of sp³-hybridized carbons (Fsp3) is 0.500. The number of piperidine rings is 1. The minimum absolute atomic E-state index is 0.103. The number of nitrogens with zero attached hydrogens (tertiary/aromatic N) is 2. The highest BCUT2D eigenvalue weighted by Crippen LogP contribution is 2.38. The zero-order valence-electron chi connectivity index (χ0n) is 13.9. The summed E-state index contributed by atoms with van der Waals surface area (Å²) in [5.41, 5.74) is 2.60. The van der Waals surface area contributed by atoms with Crippen LogP contribution in [-0.2, 0) is 0 Å². The van der Waals surface area contributed by atoms with Crippen LogP contribution in [0.2, 0.25) is 0 Å². The van der Waals surface area contributed by atoms with Gasteiger partial charge in [0.1, 0.15) is 5.65 Å². The molecule has 0 saturated carbocycles. The average molecular weight is 412 g/mol. The van der Waals surface area contributed by atoms with Gasteiger partial charge in [0, 0.05) is 38.1 Å². The molecule has 0 spiro atoms. The summed E-state index contributed by atoms with van der Waals surface area (Å²) >= 11 is 3.59. The van der Waals surface area contributed by atoms with Crippen molar-refractivity contribution in [2.45, 2.75) is 31.9 Å². The Labute approximate surface area is 153 Å². The molecular weight excluding hydrogens is 390 g/mol. The van der Waals surface area contributed by atoms with Crippen molar-refractivity contribution in [2.24, 2.45) is 0 Å². The van der Waals surface area contributed by atoms with Crippen LogP contribution in [0.1, 0.15) is 19.8 Å². The van der Waals surface area contributed by atoms with Crippen LogP contribution in [0.15, 0.2) is 16.9 Å². The summed E-state index contributed by atoms with van der Waals surface area (Å²) in [6, 6.07) is -0.103. The number of carbonyl (C=O) groups is 1. The van der Waals surface area contributed by atoms with Gasteiger partial charge in [0.05, 0.1) is 27.3 Å². The lowest BCUT2D eigenvalue weighted by Gasteiger charge is -2.35. The third-order valence-electron chi connectivity index (χ3n) is 4.28. The number of carboxylic acid groups (broad SMARTS) is 1. The van der Waals surface area contributed by atoms with Crippen LogP contribution < -0.4 is 15.5 Å². The molecule has 1 amide bonds. The number of halogens is 1. The van der Waals surface area contributed by atoms with Gasteiger partial charge in [0.2, 0.25) is 0 Å². The van der Waals surface area contributed by atoms with Crippen LogP contribution in [0.5, 0.6) is 0 Å². The summed E-state index contributed by atoms with van der Waals surface area (Å²) in [6.45, 7) is 3.60. The minimum atomic E-state index is -0.994. The molecule has 0 aromatic carbocycles. The number of anilines is 2. The van der Waals surface area contributed by atoms with Crippen LogP contribution in [0.3, 0.4) is 0 Å². The van der Waals surface area contributed by atoms with Gasteiger partial charge < -0.3 is 30.7 Å². The van der Waals surface area contributed by atoms with Crippen LogP contribution in [-0.4, -0.2) is 58.1 Å². The van der Waals surface area contributed by atoms with E-state index in [9.17, 15) is 9.90 Å². The van der Waals surface area contributed by atoms with Gasteiger partial charge in [-0.3, -0.25) is 0 Å². The van der Waals surface area contributed by atoms with Gasteiger partial charge >= 0.3 is 6.09 Å². The molecule has 9 heteroatoms. The van der Waals surface area contributed by atoms with Crippen LogP contribution >= 0.6 is 15.9 Å². The van der Waals surface area contributed by atoms with Crippen molar-refractivity contribution >= 4 is 44.4 Å². The number of amides is 1. The molecule has 25 heavy (non-hydrogen) atoms. The topological polar surface area (TPSA) is 114 Å². The quantitative estimate of drug-likeness (QED) is 0.515. The maximum absolute atomic E-state index is 11.0. The SMILES string of the molecule is C[C@H](O)CNc1c[nH]c2ncc(Br)c(N3CCC[C@@H](NC(=O)O)C3)c12. The largest absolute Gasteiger partial charge is 0.465 e. The first-order chi connectivity index (χ1) is 12.0. The third kappa shape index (κ3) is 3.98. The molecule has 0 radical (unpaired) electrons. The van der Waals surface area contributed by atoms with Crippen molar-refractivity contribution in [1.82, 2.24) is 15.3 Å². The van der Waals surface area contributed by atoms with Gasteiger partial charge in [-0.15, -0.1) is 0 Å². The number of hydrogen-bond donors (Lipinski definition) is 5. The predicted octanol–water partition coefficient (Wildman–Crippen LogP) is 2.35. The molecule has 8 nitrogen and oxygen atoms in total. The fourth-order valence-corrected chi connectivity index (χ4v) is 3.79. The molecule has 136 valence electrons. The van der Waals surface area contributed by atoms with Crippen LogP contribution in [0.25, 0.3) is 11.0 Å². The highest BCUT2D eigenvalue weighted by atomic mass is 79.9. The fourth-order valence-electron chi connectivity index (χ4n) is 3.23. The standard InChI is InChI=1S/C16H22BrN5O3/c1-9(23)5-18-12-7-20-15-13(12)14(11(17)6-19-15)22-4-2-3-10(8-22)21-16(24)25/h6-7,9-10,18,21,23H,2-5,8H2,1H3,(H,19,20)(H,24,25)/t9-,10+/m0/s1. The molecule has 3 heterocycles. The number of hydrogen-bond acceptors (Lipinski definition) is 5. The van der Waals surface area contributed by atoms with Crippen LogP contribution in [0, 0.1) is 0 Å². The van der Waals surface area contributed by atoms with Gasteiger partial charge in [0.25, 0.3) is 0 Å². The molecule has 5 N–H and O–H groups in total. The van der Waals surface area contributed by atoms with E-state index in [0.29, 0.717) is 13.1 Å². The number of aliphatic hydroxyl groups is 1. The highest BCUT2D eigenvalue weighted by molar-refractivity contribution is 9.10. The lowest BCUT2D eigenvalue weighted by Crippen LogP contribution is -2.47. The Morgan fingerprint density at radius 2 is 2.40 bits per heavy atom. The third-order valence-corrected chi connectivity index (χ3v) is 4.86. The second kappa shape index (κ2) is 7.49. The van der Waals surface area contributed by atoms with E-state index < -0.39 is 12.2 Å². The number of pyridine rings is 1. The van der Waals surface area contributed by atoms with Crippen molar-refractivity contribution in [3.63, 3.8) is 0 Å². The van der Waals surface area contributed by atoms with E-state index in [0.717, 1.165) is 46.3 Å². The van der Waals surface area contributed by atoms with Gasteiger partial charge in [0.15, 0.2) is 0 Å². The van der Waals surface area contributed by atoms with Gasteiger partial charge in [-0.05, 0) is 35.7 Å². The maximum Gasteiger partial charge on any atom is 0.404 e. The first-order valence-corrected chi connectivity index (χ1v) is 9.07. The summed E-state index contributed by atoms with van der Waals surface area (Å²) < 4.78 is 0.857. The predicted molar refractivity (Wildman–Crippen MR) is 100 cm³/mol. The Balaban J connectivity index is 1.95. The Morgan fingerprint density at radius 1 is 1.60 bits per heavy atom. The maximum atomic E-state index is 11.0. The zero-order valence-corrected chi connectivity index (χ0v) is 15.5. The van der Waals surface area contributed by atoms with Crippen molar-refractivity contribution in [2.75, 3.05) is 29.9 Å². The summed E-state index contributed by atoms with van der Waals surface area (Å²) in [6.07, 6.45) is 3.87. The molecule has 1 fully saturated rings. The van der Waals surface area contributed by atoms with Crippen molar-refractivity contribution in [1.29, 1.82) is 0 Å². The summed E-state index contributed by atoms with van der Waals surface area (Å²) in [7, 11) is 0. The zero-order chi connectivity index (χ0) is 18.0. The second-order valence-corrected chi connectivity index (χ2v) is 7.20. The second-order valence-electron chi connectivity index (χ2n) is 6.35. The lowest BCUT2D eigenvalue weighted by atomic mass is 10.0. The van der Waals surface area contributed by atoms with Crippen molar-refractivity contribution < 1.29 is 15.0 Å². The number of fused-ring (bicyclic) bond motifs is 1. The van der Waals surface area contributed by atoms with E-state index >= 15 is 0 Å². The lowest BCUT2D eigenvalue weighted by molar-refractivity contribution is 0.188. The Hall–Kier alpha value is -2.00. The van der Waals surface area contributed by atoms with E-state index in [-0.39, 0.29) is 6.04 Å². The smallest absolute Gasteiger partial charge is 0.404 e. The van der Waals surface area contributed by atoms with Gasteiger partial charge in [-0.25, -0.2) is 9.78 Å². The normalized spacial score (nSPS) is 19.0. The number of rotatable bonds is 5. The van der Waals surface area contributed by atoms with Gasteiger partial charge in [-0.1, -0.05) is 0 Å². The van der Waals surface area contributed by atoms with E-state index in [4.69, 9.17) is 5.11 Å². The van der Waals surface area contributed by atoms with E-state index in [2.05, 4.69) is 41.4 Å². The molecule has 1 saturated heterocycles. The molecule has 2 atom stereocenters. The molecule has 3 rings (SSSR count). The Morgan fingerprint density at radius 3 is 3.12 bits per heavy atom. The number of aromatic amines is 1. The highest BCUT2D eigenvalue weighted by Gasteiger charge is 2.25. The molecule has 1 aliphatic heterocycles. The summed E-state index contributed by atoms with van der Waals surface area (Å²) in [5.74, 6) is 0. The first-order valence-electron chi connectivity index (χ1n) is 8.27. The Bertz CT molecular complexity index is 764. The molecule has 1 aliphatic rings. The molecular formula is C16H22BrN5O3. The van der Waals surface area contributed by atoms with Gasteiger partial charge in [-0.2, -0.15) is 0 Å². The average Bonchev–Trinajstić information content (AvgIpc) is 2.95. The van der Waals surface area contributed by atoms with Crippen LogP contribution in [0.4, 0.5) is 16.2 Å². The van der Waals surface area contributed by atoms with E-state index in [1.54, 1.807) is 13.1 Å². The summed E-state index contributed by atoms with van der Waals surface area (Å²) in [4.78, 5) is 20.7. The monoisotopic (exact) mass is 411 g/mol. The molecule has 0 bridgehead atoms. The summed E-state index contributed by atoms with van der Waals surface area (Å²) in [5, 5.41) is 25.3. The van der Waals surface area contributed by atoms with E-state index in [1.165, 1.54) is 0 Å². The molecule has 2 aromatic rings. The number of H-pyrrole nitrogens is 1. The molecule has 2 aromatic heterocycles. The van der Waals surface area contributed by atoms with Crippen molar-refractivity contribution in [3.05, 3.63) is 16.9 Å². The van der Waals surface area contributed by atoms with Crippen molar-refractivity contribution in [3.8, 4) is 0 Å². The molecule has 0 aliphatic carbocycles. The van der Waals surface area contributed by atoms with E-state index in [1.807, 2.05) is 6.20 Å².